The Hall–Kier alpha value is -0.243. The average Bonchev–Trinajstić information content (AvgIpc) is 1.35. The summed E-state index contributed by atoms with van der Waals surface area (Å²) in [6.07, 6.45) is -1.88. The molecule has 7 heavy (non-hydrogen) atoms. The molecule has 0 saturated carbocycles. The van der Waals surface area contributed by atoms with Gasteiger partial charge in [-0.1, -0.05) is 5.73 Å². The van der Waals surface area contributed by atoms with E-state index in [2.05, 4.69) is 6.58 Å². The molecule has 0 N–H and O–H groups in total. The second kappa shape index (κ2) is 5.76. The minimum atomic E-state index is -1.88. The van der Waals surface area contributed by atoms with Gasteiger partial charge in [-0.05, 0) is 12.3 Å². The molecule has 0 fully saturated rings. The van der Waals surface area contributed by atoms with Crippen molar-refractivity contribution in [2.75, 3.05) is 0 Å². The molecule has 0 saturated heterocycles. The van der Waals surface area contributed by atoms with Crippen LogP contribution in [0.15, 0.2) is 24.1 Å². The molecule has 0 aliphatic rings. The maximum absolute atomic E-state index is 10.7. The van der Waals surface area contributed by atoms with Crippen molar-refractivity contribution in [3.63, 3.8) is 0 Å². The van der Waals surface area contributed by atoms with Crippen LogP contribution in [0, 0.1) is 0 Å². The van der Waals surface area contributed by atoms with Crippen molar-refractivity contribution < 1.29 is 8.78 Å². The van der Waals surface area contributed by atoms with Crippen molar-refractivity contribution in [1.29, 1.82) is 0 Å². The van der Waals surface area contributed by atoms with Crippen LogP contribution in [-0.4, -0.2) is 18.9 Å². The molecular formula is C4H3F2Li. The van der Waals surface area contributed by atoms with Gasteiger partial charge in [0.15, 0.2) is 0 Å². The van der Waals surface area contributed by atoms with Crippen LogP contribution in [0.25, 0.3) is 0 Å². The van der Waals surface area contributed by atoms with Gasteiger partial charge in [0.05, 0.1) is 0 Å². The molecule has 0 spiro atoms. The van der Waals surface area contributed by atoms with Gasteiger partial charge in [0.2, 0.25) is 0 Å². The Balaban J connectivity index is 0. The monoisotopic (exact) mass is 96.0 g/mol. The van der Waals surface area contributed by atoms with Gasteiger partial charge in [-0.3, -0.25) is 0 Å². The molecule has 0 heterocycles. The van der Waals surface area contributed by atoms with Crippen LogP contribution in [0.3, 0.4) is 0 Å². The van der Waals surface area contributed by atoms with Gasteiger partial charge in [0, 0.05) is 0 Å². The van der Waals surface area contributed by atoms with E-state index in [1.165, 1.54) is 5.73 Å². The molecule has 0 unspecified atom stereocenters. The molecule has 0 nitrogen and oxygen atoms in total. The molecule has 0 aliphatic heterocycles. The molecule has 0 aromatic heterocycles. The summed E-state index contributed by atoms with van der Waals surface area (Å²) >= 11 is 0. The Kier molecular flexibility index (Phi) is 8.14. The average molecular weight is 96.0 g/mol. The van der Waals surface area contributed by atoms with E-state index in [0.29, 0.717) is 0 Å². The molecule has 0 atom stereocenters. The first-order chi connectivity index (χ1) is 2.77. The first-order valence-corrected chi connectivity index (χ1v) is 1.23. The van der Waals surface area contributed by atoms with Crippen molar-refractivity contribution in [3.05, 3.63) is 24.1 Å². The van der Waals surface area contributed by atoms with E-state index in [1.54, 1.807) is 5.73 Å². The molecule has 3 heteroatoms. The zero-order valence-electron chi connectivity index (χ0n) is 2.96. The Bertz CT molecular complexity index is 114. The van der Waals surface area contributed by atoms with Crippen LogP contribution in [0.2, 0.25) is 0 Å². The summed E-state index contributed by atoms with van der Waals surface area (Å²) in [5.74, 6) is 0. The molecule has 0 aromatic carbocycles. The second-order valence-corrected chi connectivity index (χ2v) is 0.562. The normalized spacial score (nSPS) is 4.86. The van der Waals surface area contributed by atoms with Gasteiger partial charge in [0.1, 0.15) is 0 Å². The second-order valence-electron chi connectivity index (χ2n) is 0.562. The SMILES string of the molecule is C=C=C=C(F)F.[LiH]. The van der Waals surface area contributed by atoms with E-state index in [1.807, 2.05) is 0 Å². The van der Waals surface area contributed by atoms with Gasteiger partial charge in [0.25, 0.3) is 0 Å². The predicted octanol–water partition coefficient (Wildman–Crippen LogP) is 1.06. The Morgan fingerprint density at radius 3 is 1.86 bits per heavy atom. The number of halogens is 2. The fourth-order valence-electron chi connectivity index (χ4n) is 0.0668. The summed E-state index contributed by atoms with van der Waals surface area (Å²) in [7, 11) is 0. The molecular weight excluding hydrogens is 93.0 g/mol. The maximum atomic E-state index is 10.7. The summed E-state index contributed by atoms with van der Waals surface area (Å²) in [5.41, 5.74) is 3.21. The summed E-state index contributed by atoms with van der Waals surface area (Å²) in [4.78, 5) is 0. The predicted molar refractivity (Wildman–Crippen MR) is 25.5 cm³/mol. The van der Waals surface area contributed by atoms with E-state index in [-0.39, 0.29) is 18.9 Å². The first kappa shape index (κ1) is 9.90. The van der Waals surface area contributed by atoms with E-state index < -0.39 is 6.08 Å². The molecule has 0 aliphatic carbocycles. The van der Waals surface area contributed by atoms with Gasteiger partial charge in [-0.2, -0.15) is 8.78 Å². The molecule has 0 bridgehead atoms. The zero-order chi connectivity index (χ0) is 4.99. The summed E-state index contributed by atoms with van der Waals surface area (Å²) in [5, 5.41) is 0. The van der Waals surface area contributed by atoms with Gasteiger partial charge in [-0.25, -0.2) is 0 Å². The summed E-state index contributed by atoms with van der Waals surface area (Å²) < 4.78 is 21.5. The molecule has 0 amide bonds. The Morgan fingerprint density at radius 2 is 1.86 bits per heavy atom. The fraction of sp³-hybridized carbons (Fsp3) is 0. The fourth-order valence-corrected chi connectivity index (χ4v) is 0.0668. The van der Waals surface area contributed by atoms with Crippen LogP contribution < -0.4 is 0 Å². The van der Waals surface area contributed by atoms with Crippen molar-refractivity contribution in [2.45, 2.75) is 0 Å². The standard InChI is InChI=1S/C4H2F2.Li.H/c1-2-3-4(5)6;;/h1H2;;. The van der Waals surface area contributed by atoms with E-state index in [9.17, 15) is 8.78 Å². The van der Waals surface area contributed by atoms with Gasteiger partial charge < -0.3 is 0 Å². The Labute approximate surface area is 52.4 Å². The molecule has 0 aromatic rings. The topological polar surface area (TPSA) is 0 Å². The van der Waals surface area contributed by atoms with Gasteiger partial charge in [-0.15, -0.1) is 0 Å². The van der Waals surface area contributed by atoms with Crippen LogP contribution in [0.1, 0.15) is 0 Å². The quantitative estimate of drug-likeness (QED) is 0.312. The van der Waals surface area contributed by atoms with Crippen LogP contribution >= 0.6 is 0 Å². The number of rotatable bonds is 0. The van der Waals surface area contributed by atoms with Crippen LogP contribution in [0.5, 0.6) is 0 Å². The van der Waals surface area contributed by atoms with E-state index in [4.69, 9.17) is 0 Å². The third-order valence-electron chi connectivity index (χ3n) is 0.183. The van der Waals surface area contributed by atoms with Crippen molar-refractivity contribution in [1.82, 2.24) is 0 Å². The molecule has 0 radical (unpaired) electrons. The van der Waals surface area contributed by atoms with Gasteiger partial charge >= 0.3 is 24.9 Å². The van der Waals surface area contributed by atoms with E-state index >= 15 is 0 Å². The minimum absolute atomic E-state index is 0. The summed E-state index contributed by atoms with van der Waals surface area (Å²) in [6, 6.07) is 0. The summed E-state index contributed by atoms with van der Waals surface area (Å²) in [6.45, 7) is 2.86. The van der Waals surface area contributed by atoms with Crippen LogP contribution in [0.4, 0.5) is 8.78 Å². The first-order valence-electron chi connectivity index (χ1n) is 1.23. The third kappa shape index (κ3) is 10.7. The third-order valence-corrected chi connectivity index (χ3v) is 0.183. The van der Waals surface area contributed by atoms with Crippen molar-refractivity contribution in [3.8, 4) is 0 Å². The molecule has 0 rings (SSSR count). The number of hydrogen-bond donors (Lipinski definition) is 0. The molecule has 34 valence electrons. The van der Waals surface area contributed by atoms with Crippen molar-refractivity contribution in [2.24, 2.45) is 0 Å². The van der Waals surface area contributed by atoms with E-state index in [0.717, 1.165) is 0 Å². The zero-order valence-corrected chi connectivity index (χ0v) is 2.96. The number of hydrogen-bond acceptors (Lipinski definition) is 0. The Morgan fingerprint density at radius 1 is 1.43 bits per heavy atom. The van der Waals surface area contributed by atoms with Crippen molar-refractivity contribution >= 4 is 18.9 Å². The van der Waals surface area contributed by atoms with Crippen LogP contribution in [-0.2, 0) is 0 Å².